The molecule has 0 aliphatic rings. The molecule has 0 saturated heterocycles. The van der Waals surface area contributed by atoms with E-state index < -0.39 is 0 Å². The number of carbonyl (C=O) groups excluding carboxylic acids is 1. The highest BCUT2D eigenvalue weighted by molar-refractivity contribution is 8.01. The van der Waals surface area contributed by atoms with E-state index in [2.05, 4.69) is 15.3 Å². The van der Waals surface area contributed by atoms with Crippen molar-refractivity contribution in [2.75, 3.05) is 18.9 Å². The van der Waals surface area contributed by atoms with Crippen LogP contribution >= 0.6 is 23.1 Å². The van der Waals surface area contributed by atoms with Crippen LogP contribution < -0.4 is 5.32 Å². The number of hydrogen-bond donors (Lipinski definition) is 2. The number of aryl methyl sites for hydroxylation is 2. The van der Waals surface area contributed by atoms with E-state index in [-0.39, 0.29) is 23.6 Å². The maximum absolute atomic E-state index is 12.6. The molecule has 7 nitrogen and oxygen atoms in total. The number of anilines is 2. The highest BCUT2D eigenvalue weighted by Gasteiger charge is 2.17. The molecule has 0 spiro atoms. The summed E-state index contributed by atoms with van der Waals surface area (Å²) in [5, 5.41) is 22.8. The summed E-state index contributed by atoms with van der Waals surface area (Å²) in [6.07, 6.45) is 2.00. The highest BCUT2D eigenvalue weighted by atomic mass is 32.2. The minimum Gasteiger partial charge on any atom is -0.507 e. The lowest BCUT2D eigenvalue weighted by atomic mass is 10.1. The monoisotopic (exact) mass is 439 g/mol. The summed E-state index contributed by atoms with van der Waals surface area (Å²) in [5.74, 6) is 0.342. The molecule has 0 atom stereocenters. The van der Waals surface area contributed by atoms with E-state index in [1.807, 2.05) is 32.0 Å². The van der Waals surface area contributed by atoms with Gasteiger partial charge in [-0.2, -0.15) is 5.26 Å². The number of thiazole rings is 1. The molecule has 0 bridgehead atoms. The molecule has 0 fully saturated rings. The Morgan fingerprint density at radius 2 is 2.13 bits per heavy atom. The molecular weight excluding hydrogens is 418 g/mol. The zero-order valence-electron chi connectivity index (χ0n) is 16.8. The Morgan fingerprint density at radius 1 is 1.33 bits per heavy atom. The predicted octanol–water partition coefficient (Wildman–Crippen LogP) is 4.74. The van der Waals surface area contributed by atoms with Gasteiger partial charge >= 0.3 is 0 Å². The minimum absolute atomic E-state index is 0.0827. The first kappa shape index (κ1) is 21.6. The Balaban J connectivity index is 1.73. The maximum atomic E-state index is 12.6. The van der Waals surface area contributed by atoms with Crippen molar-refractivity contribution in [1.29, 1.82) is 5.26 Å². The third-order valence-electron chi connectivity index (χ3n) is 4.14. The average molecular weight is 440 g/mol. The number of rotatable bonds is 7. The number of carbonyl (C=O) groups is 1. The van der Waals surface area contributed by atoms with Gasteiger partial charge in [0.25, 0.3) is 5.91 Å². The largest absolute Gasteiger partial charge is 0.507 e. The summed E-state index contributed by atoms with van der Waals surface area (Å²) >= 11 is 2.93. The van der Waals surface area contributed by atoms with Gasteiger partial charge in [-0.25, -0.2) is 9.97 Å². The third-order valence-corrected chi connectivity index (χ3v) is 6.14. The number of benzene rings is 1. The first-order chi connectivity index (χ1) is 14.4. The molecule has 2 aromatic heterocycles. The van der Waals surface area contributed by atoms with E-state index in [0.29, 0.717) is 6.54 Å². The van der Waals surface area contributed by atoms with Crippen LogP contribution in [0, 0.1) is 25.2 Å². The maximum Gasteiger partial charge on any atom is 0.257 e. The smallest absolute Gasteiger partial charge is 0.257 e. The Bertz CT molecular complexity index is 1090. The lowest BCUT2D eigenvalue weighted by Crippen LogP contribution is -2.27. The Morgan fingerprint density at radius 3 is 2.87 bits per heavy atom. The molecular formula is C21H21N5O2S2. The van der Waals surface area contributed by atoms with Gasteiger partial charge < -0.3 is 15.3 Å². The quantitative estimate of drug-likeness (QED) is 0.548. The molecule has 0 aliphatic carbocycles. The number of hydrogen-bond acceptors (Lipinski definition) is 8. The number of nitriles is 1. The fourth-order valence-electron chi connectivity index (χ4n) is 2.77. The Kier molecular flexibility index (Phi) is 6.92. The third kappa shape index (κ3) is 5.49. The molecule has 2 heterocycles. The first-order valence-electron chi connectivity index (χ1n) is 9.17. The van der Waals surface area contributed by atoms with E-state index in [1.54, 1.807) is 25.4 Å². The summed E-state index contributed by atoms with van der Waals surface area (Å²) in [6.45, 7) is 4.27. The number of aromatic hydroxyl groups is 1. The van der Waals surface area contributed by atoms with Gasteiger partial charge in [-0.05, 0) is 49.7 Å². The van der Waals surface area contributed by atoms with Crippen LogP contribution in [0.1, 0.15) is 28.0 Å². The molecule has 3 aromatic rings. The van der Waals surface area contributed by atoms with Crippen LogP contribution in [-0.4, -0.2) is 39.5 Å². The topological polar surface area (TPSA) is 102 Å². The van der Waals surface area contributed by atoms with Crippen LogP contribution in [0.4, 0.5) is 10.9 Å². The van der Waals surface area contributed by atoms with Crippen molar-refractivity contribution in [3.63, 3.8) is 0 Å². The Hall–Kier alpha value is -3.09. The van der Waals surface area contributed by atoms with Crippen LogP contribution in [0.15, 0.2) is 45.6 Å². The lowest BCUT2D eigenvalue weighted by molar-refractivity contribution is 0.0794. The van der Waals surface area contributed by atoms with E-state index in [4.69, 9.17) is 5.26 Å². The molecule has 30 heavy (non-hydrogen) atoms. The molecule has 3 rings (SSSR count). The van der Waals surface area contributed by atoms with Crippen LogP contribution in [0.5, 0.6) is 5.75 Å². The minimum atomic E-state index is -0.322. The van der Waals surface area contributed by atoms with E-state index in [9.17, 15) is 9.90 Å². The standard InChI is InChI=1S/C21H21N5O2S2/c1-13-9-14(2)24-18(10-13)25-21-23-12-19(30-21)29-15-5-6-17(27)16(11-15)20(28)26(3)8-4-7-22/h5-6,9-12,27H,4,8H2,1-3H3,(H,23,24,25). The van der Waals surface area contributed by atoms with Gasteiger partial charge in [-0.3, -0.25) is 4.79 Å². The molecule has 0 saturated carbocycles. The van der Waals surface area contributed by atoms with E-state index in [0.717, 1.165) is 31.3 Å². The number of phenolic OH excluding ortho intramolecular Hbond substituents is 1. The molecule has 1 aromatic carbocycles. The van der Waals surface area contributed by atoms with Crippen LogP contribution in [0.25, 0.3) is 0 Å². The van der Waals surface area contributed by atoms with Crippen LogP contribution in [0.3, 0.4) is 0 Å². The van der Waals surface area contributed by atoms with Crippen molar-refractivity contribution < 1.29 is 9.90 Å². The molecule has 0 aliphatic heterocycles. The van der Waals surface area contributed by atoms with Crippen molar-refractivity contribution >= 4 is 40.0 Å². The molecule has 1 amide bonds. The summed E-state index contributed by atoms with van der Waals surface area (Å²) in [4.78, 5) is 23.7. The van der Waals surface area contributed by atoms with Gasteiger partial charge in [-0.15, -0.1) is 0 Å². The van der Waals surface area contributed by atoms with Gasteiger partial charge in [0, 0.05) is 24.2 Å². The second-order valence-corrected chi connectivity index (χ2v) is 9.10. The molecule has 0 unspecified atom stereocenters. The van der Waals surface area contributed by atoms with Gasteiger partial charge in [-0.1, -0.05) is 23.1 Å². The SMILES string of the molecule is Cc1cc(C)nc(Nc2ncc(Sc3ccc(O)c(C(=O)N(C)CCC#N)c3)s2)c1. The van der Waals surface area contributed by atoms with Gasteiger partial charge in [0.1, 0.15) is 11.6 Å². The summed E-state index contributed by atoms with van der Waals surface area (Å²) in [5.41, 5.74) is 2.27. The number of nitrogens with one attached hydrogen (secondary N) is 1. The zero-order valence-corrected chi connectivity index (χ0v) is 18.5. The van der Waals surface area contributed by atoms with Gasteiger partial charge in [0.05, 0.1) is 28.5 Å². The molecule has 9 heteroatoms. The number of aromatic nitrogens is 2. The van der Waals surface area contributed by atoms with E-state index in [1.165, 1.54) is 34.1 Å². The van der Waals surface area contributed by atoms with Crippen molar-refractivity contribution in [2.45, 2.75) is 29.4 Å². The first-order valence-corrected chi connectivity index (χ1v) is 10.8. The number of nitrogens with zero attached hydrogens (tertiary/aromatic N) is 4. The molecule has 154 valence electrons. The van der Waals surface area contributed by atoms with Crippen molar-refractivity contribution in [1.82, 2.24) is 14.9 Å². The van der Waals surface area contributed by atoms with Gasteiger partial charge in [0.2, 0.25) is 0 Å². The van der Waals surface area contributed by atoms with Crippen LogP contribution in [0.2, 0.25) is 0 Å². The van der Waals surface area contributed by atoms with E-state index >= 15 is 0 Å². The zero-order chi connectivity index (χ0) is 21.7. The van der Waals surface area contributed by atoms with Crippen molar-refractivity contribution in [3.8, 4) is 11.8 Å². The average Bonchev–Trinajstić information content (AvgIpc) is 3.12. The fraction of sp³-hybridized carbons (Fsp3) is 0.238. The summed E-state index contributed by atoms with van der Waals surface area (Å²) < 4.78 is 0.934. The molecule has 0 radical (unpaired) electrons. The van der Waals surface area contributed by atoms with Gasteiger partial charge in [0.15, 0.2) is 5.13 Å². The van der Waals surface area contributed by atoms with Crippen molar-refractivity contribution in [3.05, 3.63) is 53.3 Å². The highest BCUT2D eigenvalue weighted by Crippen LogP contribution is 2.36. The lowest BCUT2D eigenvalue weighted by Gasteiger charge is -2.16. The number of pyridine rings is 1. The number of amides is 1. The summed E-state index contributed by atoms with van der Waals surface area (Å²) in [7, 11) is 1.61. The normalized spacial score (nSPS) is 10.5. The fourth-order valence-corrected chi connectivity index (χ4v) is 4.67. The van der Waals surface area contributed by atoms with Crippen molar-refractivity contribution in [2.24, 2.45) is 0 Å². The molecule has 2 N–H and O–H groups in total. The summed E-state index contributed by atoms with van der Waals surface area (Å²) in [6, 6.07) is 10.9. The van der Waals surface area contributed by atoms with Crippen LogP contribution in [-0.2, 0) is 0 Å². The predicted molar refractivity (Wildman–Crippen MR) is 119 cm³/mol. The number of phenols is 1. The Labute approximate surface area is 183 Å². The second-order valence-electron chi connectivity index (χ2n) is 6.70. The second kappa shape index (κ2) is 9.61.